The fourth-order valence-electron chi connectivity index (χ4n) is 0.842. The number of halogens is 10. The first-order chi connectivity index (χ1) is 7.22. The normalized spacial score (nSPS) is 17.1. The molecule has 17 heavy (non-hydrogen) atoms. The highest BCUT2D eigenvalue weighted by atomic mass is 19.4. The van der Waals surface area contributed by atoms with Crippen LogP contribution in [0.3, 0.4) is 0 Å². The molecule has 0 aliphatic heterocycles. The minimum atomic E-state index is -6.71. The SMILES string of the molecule is CC(C(F)(F)CF)C(F)(F)C(F)(F)C(F)(F)F. The Labute approximate surface area is 88.6 Å². The Morgan fingerprint density at radius 2 is 1.18 bits per heavy atom. The summed E-state index contributed by atoms with van der Waals surface area (Å²) < 4.78 is 121. The number of hydrogen-bond donors (Lipinski definition) is 0. The standard InChI is InChI=1S/C7H6F10/c1-3(4(9,10)2-8)5(11,12)6(13,14)7(15,16)17/h3H,2H2,1H3. The van der Waals surface area contributed by atoms with Crippen molar-refractivity contribution in [2.24, 2.45) is 5.92 Å². The van der Waals surface area contributed by atoms with Gasteiger partial charge in [0.15, 0.2) is 6.67 Å². The smallest absolute Gasteiger partial charge is 0.244 e. The molecule has 0 aromatic carbocycles. The molecule has 1 unspecified atom stereocenters. The third kappa shape index (κ3) is 2.59. The van der Waals surface area contributed by atoms with Gasteiger partial charge in [0.05, 0.1) is 5.92 Å². The van der Waals surface area contributed by atoms with E-state index in [4.69, 9.17) is 0 Å². The fourth-order valence-corrected chi connectivity index (χ4v) is 0.842. The maximum absolute atomic E-state index is 12.7. The lowest BCUT2D eigenvalue weighted by Crippen LogP contribution is -2.59. The Balaban J connectivity index is 5.42. The van der Waals surface area contributed by atoms with Crippen LogP contribution in [0.5, 0.6) is 0 Å². The van der Waals surface area contributed by atoms with E-state index in [-0.39, 0.29) is 6.92 Å². The van der Waals surface area contributed by atoms with Crippen LogP contribution in [0.15, 0.2) is 0 Å². The monoisotopic (exact) mass is 280 g/mol. The van der Waals surface area contributed by atoms with Crippen molar-refractivity contribution >= 4 is 0 Å². The Hall–Kier alpha value is -0.700. The van der Waals surface area contributed by atoms with Crippen molar-refractivity contribution in [3.8, 4) is 0 Å². The Bertz CT molecular complexity index is 264. The molecule has 0 saturated heterocycles. The van der Waals surface area contributed by atoms with Crippen molar-refractivity contribution in [2.75, 3.05) is 6.67 Å². The van der Waals surface area contributed by atoms with E-state index in [0.29, 0.717) is 0 Å². The zero-order valence-corrected chi connectivity index (χ0v) is 8.06. The van der Waals surface area contributed by atoms with Crippen molar-refractivity contribution in [1.82, 2.24) is 0 Å². The highest BCUT2D eigenvalue weighted by molar-refractivity contribution is 4.98. The van der Waals surface area contributed by atoms with Crippen LogP contribution >= 0.6 is 0 Å². The van der Waals surface area contributed by atoms with Crippen LogP contribution in [0.2, 0.25) is 0 Å². The molecule has 0 rings (SSSR count). The minimum absolute atomic E-state index is 0.279. The lowest BCUT2D eigenvalue weighted by molar-refractivity contribution is -0.376. The van der Waals surface area contributed by atoms with E-state index in [1.165, 1.54) is 0 Å². The molecule has 0 aliphatic rings. The predicted octanol–water partition coefficient (Wildman–Crippen LogP) is 4.06. The highest BCUT2D eigenvalue weighted by Crippen LogP contribution is 2.52. The molecule has 0 heterocycles. The average molecular weight is 280 g/mol. The van der Waals surface area contributed by atoms with Crippen molar-refractivity contribution < 1.29 is 43.9 Å². The topological polar surface area (TPSA) is 0 Å². The van der Waals surface area contributed by atoms with Gasteiger partial charge in [-0.1, -0.05) is 6.92 Å². The van der Waals surface area contributed by atoms with Crippen molar-refractivity contribution in [3.63, 3.8) is 0 Å². The van der Waals surface area contributed by atoms with Crippen LogP contribution < -0.4 is 0 Å². The molecule has 0 bridgehead atoms. The molecule has 0 spiro atoms. The van der Waals surface area contributed by atoms with Gasteiger partial charge in [0.1, 0.15) is 0 Å². The molecule has 1 atom stereocenters. The van der Waals surface area contributed by atoms with Crippen LogP contribution in [0, 0.1) is 5.92 Å². The number of hydrogen-bond acceptors (Lipinski definition) is 0. The van der Waals surface area contributed by atoms with Crippen molar-refractivity contribution in [1.29, 1.82) is 0 Å². The summed E-state index contributed by atoms with van der Waals surface area (Å²) in [5.41, 5.74) is 0. The first kappa shape index (κ1) is 16.3. The second kappa shape index (κ2) is 4.20. The van der Waals surface area contributed by atoms with Gasteiger partial charge in [0.2, 0.25) is 0 Å². The molecule has 0 saturated carbocycles. The molecule has 0 nitrogen and oxygen atoms in total. The molecule has 104 valence electrons. The van der Waals surface area contributed by atoms with Crippen LogP contribution in [-0.4, -0.2) is 30.6 Å². The summed E-state index contributed by atoms with van der Waals surface area (Å²) in [5, 5.41) is 0. The second-order valence-electron chi connectivity index (χ2n) is 3.31. The highest BCUT2D eigenvalue weighted by Gasteiger charge is 2.77. The van der Waals surface area contributed by atoms with Gasteiger partial charge >= 0.3 is 18.0 Å². The maximum atomic E-state index is 12.7. The van der Waals surface area contributed by atoms with Gasteiger partial charge in [-0.2, -0.15) is 30.7 Å². The molecule has 0 N–H and O–H groups in total. The second-order valence-corrected chi connectivity index (χ2v) is 3.31. The van der Waals surface area contributed by atoms with E-state index in [1.54, 1.807) is 0 Å². The molecular formula is C7H6F10. The van der Waals surface area contributed by atoms with E-state index in [9.17, 15) is 43.9 Å². The van der Waals surface area contributed by atoms with Gasteiger partial charge in [-0.25, -0.2) is 13.2 Å². The first-order valence-electron chi connectivity index (χ1n) is 3.98. The molecule has 0 aliphatic carbocycles. The summed E-state index contributed by atoms with van der Waals surface area (Å²) >= 11 is 0. The van der Waals surface area contributed by atoms with Gasteiger partial charge in [-0.15, -0.1) is 0 Å². The Morgan fingerprint density at radius 3 is 1.41 bits per heavy atom. The lowest BCUT2D eigenvalue weighted by Gasteiger charge is -2.34. The summed E-state index contributed by atoms with van der Waals surface area (Å²) in [6, 6.07) is 0. The van der Waals surface area contributed by atoms with Crippen molar-refractivity contribution in [2.45, 2.75) is 30.9 Å². The van der Waals surface area contributed by atoms with Crippen LogP contribution in [0.25, 0.3) is 0 Å². The summed E-state index contributed by atoms with van der Waals surface area (Å²) in [4.78, 5) is 0. The zero-order chi connectivity index (χ0) is 14.3. The third-order valence-corrected chi connectivity index (χ3v) is 2.13. The summed E-state index contributed by atoms with van der Waals surface area (Å²) in [6.07, 6.45) is -6.71. The van der Waals surface area contributed by atoms with Gasteiger partial charge in [0, 0.05) is 0 Å². The third-order valence-electron chi connectivity index (χ3n) is 2.13. The number of rotatable bonds is 4. The summed E-state index contributed by atoms with van der Waals surface area (Å²) in [5.74, 6) is -21.6. The van der Waals surface area contributed by atoms with Gasteiger partial charge in [-0.05, 0) is 0 Å². The molecule has 0 aromatic heterocycles. The Morgan fingerprint density at radius 1 is 0.824 bits per heavy atom. The molecule has 0 fully saturated rings. The quantitative estimate of drug-likeness (QED) is 0.681. The lowest BCUT2D eigenvalue weighted by atomic mass is 9.91. The minimum Gasteiger partial charge on any atom is -0.244 e. The first-order valence-corrected chi connectivity index (χ1v) is 3.98. The summed E-state index contributed by atoms with van der Waals surface area (Å²) in [7, 11) is 0. The van der Waals surface area contributed by atoms with Crippen LogP contribution in [0.1, 0.15) is 6.92 Å². The largest absolute Gasteiger partial charge is 0.459 e. The molecule has 0 radical (unpaired) electrons. The van der Waals surface area contributed by atoms with E-state index < -0.39 is 36.5 Å². The van der Waals surface area contributed by atoms with Gasteiger partial charge in [-0.3, -0.25) is 0 Å². The maximum Gasteiger partial charge on any atom is 0.459 e. The zero-order valence-electron chi connectivity index (χ0n) is 8.06. The van der Waals surface area contributed by atoms with E-state index in [1.807, 2.05) is 0 Å². The molecule has 0 amide bonds. The van der Waals surface area contributed by atoms with E-state index >= 15 is 0 Å². The van der Waals surface area contributed by atoms with Gasteiger partial charge in [0.25, 0.3) is 5.92 Å². The predicted molar refractivity (Wildman–Crippen MR) is 36.0 cm³/mol. The van der Waals surface area contributed by atoms with E-state index in [0.717, 1.165) is 0 Å². The fraction of sp³-hybridized carbons (Fsp3) is 1.00. The van der Waals surface area contributed by atoms with Crippen LogP contribution in [0.4, 0.5) is 43.9 Å². The molecular weight excluding hydrogens is 274 g/mol. The van der Waals surface area contributed by atoms with Crippen LogP contribution in [-0.2, 0) is 0 Å². The number of alkyl halides is 10. The van der Waals surface area contributed by atoms with Gasteiger partial charge < -0.3 is 0 Å². The van der Waals surface area contributed by atoms with Crippen molar-refractivity contribution in [3.05, 3.63) is 0 Å². The molecule has 0 aromatic rings. The van der Waals surface area contributed by atoms with E-state index in [2.05, 4.69) is 0 Å². The molecule has 10 heteroatoms. The summed E-state index contributed by atoms with van der Waals surface area (Å²) in [6.45, 7) is -3.04. The Kier molecular flexibility index (Phi) is 4.03. The average Bonchev–Trinajstić information content (AvgIpc) is 2.14.